The van der Waals surface area contributed by atoms with E-state index in [2.05, 4.69) is 4.99 Å². The van der Waals surface area contributed by atoms with Crippen LogP contribution in [0.25, 0.3) is 0 Å². The van der Waals surface area contributed by atoms with Gasteiger partial charge in [-0.3, -0.25) is 9.79 Å². The molecule has 20 heavy (non-hydrogen) atoms. The van der Waals surface area contributed by atoms with E-state index in [1.807, 2.05) is 48.5 Å². The van der Waals surface area contributed by atoms with Gasteiger partial charge in [0.2, 0.25) is 0 Å². The fourth-order valence-corrected chi connectivity index (χ4v) is 2.52. The van der Waals surface area contributed by atoms with Crippen molar-refractivity contribution in [1.29, 1.82) is 0 Å². The minimum absolute atomic E-state index is 0.0614. The van der Waals surface area contributed by atoms with E-state index < -0.39 is 0 Å². The van der Waals surface area contributed by atoms with Gasteiger partial charge in [-0.2, -0.15) is 0 Å². The molecule has 2 atom stereocenters. The Hall–Kier alpha value is -2.42. The van der Waals surface area contributed by atoms with E-state index in [1.165, 1.54) is 0 Å². The Morgan fingerprint density at radius 3 is 2.50 bits per heavy atom. The van der Waals surface area contributed by atoms with Crippen LogP contribution in [-0.2, 0) is 0 Å². The van der Waals surface area contributed by atoms with Gasteiger partial charge < -0.3 is 4.74 Å². The molecular formula is C17H15NO2. The zero-order valence-corrected chi connectivity index (χ0v) is 11.2. The highest BCUT2D eigenvalue weighted by Crippen LogP contribution is 2.37. The van der Waals surface area contributed by atoms with Crippen molar-refractivity contribution in [3.05, 3.63) is 65.7 Å². The molecule has 0 N–H and O–H groups in total. The summed E-state index contributed by atoms with van der Waals surface area (Å²) in [4.78, 5) is 16.7. The Kier molecular flexibility index (Phi) is 3.33. The summed E-state index contributed by atoms with van der Waals surface area (Å²) < 4.78 is 6.04. The van der Waals surface area contributed by atoms with Gasteiger partial charge in [-0.05, 0) is 17.7 Å². The fourth-order valence-electron chi connectivity index (χ4n) is 2.52. The number of para-hydroxylation sites is 1. The maximum absolute atomic E-state index is 12.6. The second-order valence-electron chi connectivity index (χ2n) is 4.74. The molecule has 1 heterocycles. The topological polar surface area (TPSA) is 38.7 Å². The molecular weight excluding hydrogens is 250 g/mol. The number of nitrogens with zero attached hydrogens (tertiary/aromatic N) is 1. The van der Waals surface area contributed by atoms with Crippen LogP contribution in [0.5, 0.6) is 5.75 Å². The van der Waals surface area contributed by atoms with Crippen molar-refractivity contribution in [1.82, 2.24) is 0 Å². The molecule has 2 aromatic rings. The summed E-state index contributed by atoms with van der Waals surface area (Å²) in [6, 6.07) is 17.2. The van der Waals surface area contributed by atoms with Gasteiger partial charge in [0.1, 0.15) is 11.9 Å². The summed E-state index contributed by atoms with van der Waals surface area (Å²) in [5, 5.41) is 0. The Balaban J connectivity index is 2.08. The number of carbonyl (C=O) groups excluding carboxylic acids is 1. The lowest BCUT2D eigenvalue weighted by molar-refractivity contribution is 0.0772. The van der Waals surface area contributed by atoms with Crippen LogP contribution in [0.4, 0.5) is 0 Å². The highest BCUT2D eigenvalue weighted by molar-refractivity contribution is 6.09. The quantitative estimate of drug-likeness (QED) is 0.781. The van der Waals surface area contributed by atoms with Gasteiger partial charge in [0.05, 0.1) is 11.5 Å². The van der Waals surface area contributed by atoms with Crippen LogP contribution in [0.3, 0.4) is 0 Å². The molecule has 3 rings (SSSR count). The number of Topliss-reactive ketones (excluding diaryl/α,β-unsaturated/α-hetero) is 1. The van der Waals surface area contributed by atoms with Gasteiger partial charge in [0, 0.05) is 13.3 Å². The number of carbonyl (C=O) groups is 1. The summed E-state index contributed by atoms with van der Waals surface area (Å²) in [5.41, 5.74) is 1.62. The van der Waals surface area contributed by atoms with Crippen molar-refractivity contribution in [3.8, 4) is 5.75 Å². The van der Waals surface area contributed by atoms with Crippen molar-refractivity contribution < 1.29 is 9.53 Å². The third-order valence-electron chi connectivity index (χ3n) is 3.47. The van der Waals surface area contributed by atoms with Crippen LogP contribution >= 0.6 is 0 Å². The second-order valence-corrected chi connectivity index (χ2v) is 4.74. The molecule has 0 saturated heterocycles. The number of hydrogen-bond acceptors (Lipinski definition) is 3. The standard InChI is InChI=1S/C17H15NO2/c1-18-11-14-16(19)13-9-5-6-10-15(13)20-17(14)12-7-3-2-4-8-12/h2-11,14,17H,1H3. The van der Waals surface area contributed by atoms with E-state index >= 15 is 0 Å². The molecule has 0 fully saturated rings. The molecule has 1 aliphatic heterocycles. The summed E-state index contributed by atoms with van der Waals surface area (Å²) >= 11 is 0. The molecule has 0 bridgehead atoms. The molecule has 2 aromatic carbocycles. The van der Waals surface area contributed by atoms with Gasteiger partial charge in [-0.15, -0.1) is 0 Å². The van der Waals surface area contributed by atoms with Crippen LogP contribution in [0.2, 0.25) is 0 Å². The van der Waals surface area contributed by atoms with Crippen molar-refractivity contribution in [3.63, 3.8) is 0 Å². The Labute approximate surface area is 117 Å². The molecule has 3 nitrogen and oxygen atoms in total. The summed E-state index contributed by atoms with van der Waals surface area (Å²) in [7, 11) is 1.68. The number of ketones is 1. The molecule has 1 aliphatic rings. The molecule has 0 amide bonds. The third kappa shape index (κ3) is 2.11. The predicted octanol–water partition coefficient (Wildman–Crippen LogP) is 3.32. The number of benzene rings is 2. The number of hydrogen-bond donors (Lipinski definition) is 0. The van der Waals surface area contributed by atoms with Crippen LogP contribution in [0.1, 0.15) is 22.0 Å². The first kappa shape index (κ1) is 12.6. The molecule has 0 spiro atoms. The predicted molar refractivity (Wildman–Crippen MR) is 78.5 cm³/mol. The smallest absolute Gasteiger partial charge is 0.179 e. The minimum Gasteiger partial charge on any atom is -0.484 e. The monoisotopic (exact) mass is 265 g/mol. The number of ether oxygens (including phenoxy) is 1. The summed E-state index contributed by atoms with van der Waals surface area (Å²) in [5.74, 6) is 0.329. The van der Waals surface area contributed by atoms with Gasteiger partial charge in [0.25, 0.3) is 0 Å². The van der Waals surface area contributed by atoms with Crippen molar-refractivity contribution in [2.75, 3.05) is 7.05 Å². The average molecular weight is 265 g/mol. The Bertz CT molecular complexity index is 649. The molecule has 0 aliphatic carbocycles. The average Bonchev–Trinajstić information content (AvgIpc) is 2.51. The Morgan fingerprint density at radius 1 is 1.05 bits per heavy atom. The van der Waals surface area contributed by atoms with E-state index in [1.54, 1.807) is 19.3 Å². The first-order valence-corrected chi connectivity index (χ1v) is 6.58. The summed E-state index contributed by atoms with van der Waals surface area (Å²) in [6.45, 7) is 0. The molecule has 0 aromatic heterocycles. The third-order valence-corrected chi connectivity index (χ3v) is 3.47. The summed E-state index contributed by atoms with van der Waals surface area (Å²) in [6.07, 6.45) is 1.36. The Morgan fingerprint density at radius 2 is 1.75 bits per heavy atom. The van der Waals surface area contributed by atoms with Gasteiger partial charge in [-0.25, -0.2) is 0 Å². The van der Waals surface area contributed by atoms with Crippen LogP contribution in [0.15, 0.2) is 59.6 Å². The van der Waals surface area contributed by atoms with Gasteiger partial charge >= 0.3 is 0 Å². The highest BCUT2D eigenvalue weighted by atomic mass is 16.5. The van der Waals surface area contributed by atoms with Gasteiger partial charge in [-0.1, -0.05) is 42.5 Å². The molecule has 100 valence electrons. The van der Waals surface area contributed by atoms with E-state index in [-0.39, 0.29) is 17.8 Å². The normalized spacial score (nSPS) is 21.6. The number of rotatable bonds is 2. The zero-order chi connectivity index (χ0) is 13.9. The maximum atomic E-state index is 12.6. The van der Waals surface area contributed by atoms with Crippen LogP contribution in [-0.4, -0.2) is 19.0 Å². The number of aliphatic imine (C=N–C) groups is 1. The first-order valence-electron chi connectivity index (χ1n) is 6.58. The van der Waals surface area contributed by atoms with E-state index in [4.69, 9.17) is 4.74 Å². The van der Waals surface area contributed by atoms with E-state index in [0.29, 0.717) is 11.3 Å². The van der Waals surface area contributed by atoms with Crippen molar-refractivity contribution in [2.24, 2.45) is 10.9 Å². The van der Waals surface area contributed by atoms with Crippen LogP contribution < -0.4 is 4.74 Å². The fraction of sp³-hybridized carbons (Fsp3) is 0.176. The van der Waals surface area contributed by atoms with Gasteiger partial charge in [0.15, 0.2) is 5.78 Å². The lowest BCUT2D eigenvalue weighted by Crippen LogP contribution is -2.32. The molecule has 0 saturated carbocycles. The van der Waals surface area contributed by atoms with E-state index in [0.717, 1.165) is 5.56 Å². The zero-order valence-electron chi connectivity index (χ0n) is 11.2. The lowest BCUT2D eigenvalue weighted by atomic mass is 9.86. The van der Waals surface area contributed by atoms with E-state index in [9.17, 15) is 4.79 Å². The molecule has 0 radical (unpaired) electrons. The molecule has 3 heteroatoms. The van der Waals surface area contributed by atoms with Crippen LogP contribution in [0, 0.1) is 5.92 Å². The SMILES string of the molecule is CN=CC1C(=O)c2ccccc2OC1c1ccccc1. The largest absolute Gasteiger partial charge is 0.484 e. The first-order chi connectivity index (χ1) is 9.81. The maximum Gasteiger partial charge on any atom is 0.179 e. The molecule has 2 unspecified atom stereocenters. The van der Waals surface area contributed by atoms with Crippen molar-refractivity contribution >= 4 is 12.0 Å². The minimum atomic E-state index is -0.378. The van der Waals surface area contributed by atoms with Crippen molar-refractivity contribution in [2.45, 2.75) is 6.10 Å². The lowest BCUT2D eigenvalue weighted by Gasteiger charge is -2.30. The number of fused-ring (bicyclic) bond motifs is 1. The second kappa shape index (κ2) is 5.29. The highest BCUT2D eigenvalue weighted by Gasteiger charge is 2.36.